The van der Waals surface area contributed by atoms with Crippen LogP contribution in [0.15, 0.2) is 73.3 Å². The van der Waals surface area contributed by atoms with E-state index in [-0.39, 0.29) is 18.1 Å². The van der Waals surface area contributed by atoms with Gasteiger partial charge in [0.25, 0.3) is 0 Å². The van der Waals surface area contributed by atoms with Crippen molar-refractivity contribution in [2.24, 2.45) is 0 Å². The number of urea groups is 1. The molecule has 0 saturated carbocycles. The van der Waals surface area contributed by atoms with Gasteiger partial charge in [-0.15, -0.1) is 0 Å². The summed E-state index contributed by atoms with van der Waals surface area (Å²) in [5.41, 5.74) is 3.16. The van der Waals surface area contributed by atoms with Gasteiger partial charge in [-0.05, 0) is 37.1 Å². The average molecular weight is 334 g/mol. The van der Waals surface area contributed by atoms with Crippen molar-refractivity contribution in [3.8, 4) is 5.69 Å². The van der Waals surface area contributed by atoms with Crippen LogP contribution in [-0.2, 0) is 0 Å². The van der Waals surface area contributed by atoms with Crippen molar-refractivity contribution in [1.82, 2.24) is 20.2 Å². The Labute approximate surface area is 147 Å². The average Bonchev–Trinajstić information content (AvgIpc) is 3.17. The summed E-state index contributed by atoms with van der Waals surface area (Å²) in [7, 11) is 0. The Bertz CT molecular complexity index is 797. The first-order valence-electron chi connectivity index (χ1n) is 8.34. The number of amides is 2. The molecule has 1 aromatic heterocycles. The zero-order valence-electron chi connectivity index (χ0n) is 14.4. The first kappa shape index (κ1) is 16.8. The largest absolute Gasteiger partial charge is 0.332 e. The second-order valence-electron chi connectivity index (χ2n) is 6.03. The number of carbonyl (C=O) groups is 1. The number of benzene rings is 2. The zero-order valence-corrected chi connectivity index (χ0v) is 14.4. The second-order valence-corrected chi connectivity index (χ2v) is 6.03. The molecule has 0 aliphatic carbocycles. The predicted molar refractivity (Wildman–Crippen MR) is 98.5 cm³/mol. The summed E-state index contributed by atoms with van der Waals surface area (Å²) >= 11 is 0. The van der Waals surface area contributed by atoms with E-state index in [0.717, 1.165) is 16.8 Å². The molecule has 2 aromatic carbocycles. The van der Waals surface area contributed by atoms with Crippen LogP contribution in [0.3, 0.4) is 0 Å². The molecule has 0 fully saturated rings. The molecule has 5 nitrogen and oxygen atoms in total. The molecule has 0 saturated heterocycles. The fourth-order valence-corrected chi connectivity index (χ4v) is 2.69. The highest BCUT2D eigenvalue weighted by atomic mass is 16.2. The lowest BCUT2D eigenvalue weighted by atomic mass is 10.1. The third-order valence-electron chi connectivity index (χ3n) is 4.19. The number of imidazole rings is 1. The van der Waals surface area contributed by atoms with Gasteiger partial charge < -0.3 is 15.2 Å². The minimum atomic E-state index is -0.178. The van der Waals surface area contributed by atoms with Gasteiger partial charge in [-0.25, -0.2) is 9.78 Å². The van der Waals surface area contributed by atoms with Gasteiger partial charge in [0.05, 0.1) is 18.4 Å². The number of nitrogens with one attached hydrogen (secondary N) is 2. The van der Waals surface area contributed by atoms with Crippen molar-refractivity contribution in [1.29, 1.82) is 0 Å². The molecule has 128 valence electrons. The highest BCUT2D eigenvalue weighted by Gasteiger charge is 2.12. The molecule has 0 aliphatic heterocycles. The summed E-state index contributed by atoms with van der Waals surface area (Å²) in [4.78, 5) is 16.3. The molecule has 0 radical (unpaired) electrons. The highest BCUT2D eigenvalue weighted by molar-refractivity contribution is 5.75. The van der Waals surface area contributed by atoms with Crippen molar-refractivity contribution in [3.05, 3.63) is 84.4 Å². The molecule has 0 aliphatic rings. The van der Waals surface area contributed by atoms with Crippen molar-refractivity contribution >= 4 is 6.03 Å². The van der Waals surface area contributed by atoms with Gasteiger partial charge in [0.15, 0.2) is 0 Å². The lowest BCUT2D eigenvalue weighted by Crippen LogP contribution is -2.38. The van der Waals surface area contributed by atoms with Crippen LogP contribution < -0.4 is 10.6 Å². The molecule has 2 amide bonds. The number of rotatable bonds is 5. The molecule has 2 atom stereocenters. The Morgan fingerprint density at radius 3 is 2.08 bits per heavy atom. The van der Waals surface area contributed by atoms with E-state index < -0.39 is 0 Å². The van der Waals surface area contributed by atoms with Crippen LogP contribution in [0, 0.1) is 0 Å². The Balaban J connectivity index is 1.58. The predicted octanol–water partition coefficient (Wildman–Crippen LogP) is 3.99. The van der Waals surface area contributed by atoms with E-state index in [1.807, 2.05) is 79.2 Å². The fourth-order valence-electron chi connectivity index (χ4n) is 2.69. The van der Waals surface area contributed by atoms with Crippen molar-refractivity contribution in [2.75, 3.05) is 0 Å². The van der Waals surface area contributed by atoms with E-state index in [4.69, 9.17) is 0 Å². The maximum Gasteiger partial charge on any atom is 0.315 e. The normalized spacial score (nSPS) is 13.0. The lowest BCUT2D eigenvalue weighted by Gasteiger charge is -2.19. The number of hydrogen-bond acceptors (Lipinski definition) is 2. The Hall–Kier alpha value is -3.08. The SMILES string of the molecule is CC(NC(=O)NC(C)c1ccc(-n2ccnc2)cc1)c1ccccc1. The van der Waals surface area contributed by atoms with Crippen molar-refractivity contribution < 1.29 is 4.79 Å². The molecule has 0 spiro atoms. The van der Waals surface area contributed by atoms with Gasteiger partial charge in [0, 0.05) is 18.1 Å². The van der Waals surface area contributed by atoms with Gasteiger partial charge in [-0.3, -0.25) is 0 Å². The summed E-state index contributed by atoms with van der Waals surface area (Å²) in [5, 5.41) is 5.95. The fraction of sp³-hybridized carbons (Fsp3) is 0.200. The molecule has 0 bridgehead atoms. The molecule has 3 aromatic rings. The van der Waals surface area contributed by atoms with Gasteiger partial charge >= 0.3 is 6.03 Å². The highest BCUT2D eigenvalue weighted by Crippen LogP contribution is 2.16. The summed E-state index contributed by atoms with van der Waals surface area (Å²) in [6.45, 7) is 3.94. The Kier molecular flexibility index (Phi) is 5.14. The number of nitrogens with zero attached hydrogens (tertiary/aromatic N) is 2. The van der Waals surface area contributed by atoms with Crippen molar-refractivity contribution in [2.45, 2.75) is 25.9 Å². The summed E-state index contributed by atoms with van der Waals surface area (Å²) in [5.74, 6) is 0. The molecule has 2 N–H and O–H groups in total. The second kappa shape index (κ2) is 7.66. The molecule has 25 heavy (non-hydrogen) atoms. The lowest BCUT2D eigenvalue weighted by molar-refractivity contribution is 0.235. The first-order valence-corrected chi connectivity index (χ1v) is 8.34. The summed E-state index contributed by atoms with van der Waals surface area (Å²) in [6, 6.07) is 17.7. The minimum absolute atomic E-state index is 0.0444. The minimum Gasteiger partial charge on any atom is -0.332 e. The van der Waals surface area contributed by atoms with E-state index in [1.54, 1.807) is 12.5 Å². The van der Waals surface area contributed by atoms with Crippen molar-refractivity contribution in [3.63, 3.8) is 0 Å². The monoisotopic (exact) mass is 334 g/mol. The quantitative estimate of drug-likeness (QED) is 0.741. The van der Waals surface area contributed by atoms with E-state index in [0.29, 0.717) is 0 Å². The molecule has 3 rings (SSSR count). The molecule has 1 heterocycles. The smallest absolute Gasteiger partial charge is 0.315 e. The van der Waals surface area contributed by atoms with Crippen LogP contribution in [0.1, 0.15) is 37.1 Å². The topological polar surface area (TPSA) is 59.0 Å². The zero-order chi connectivity index (χ0) is 17.6. The molecular weight excluding hydrogens is 312 g/mol. The van der Waals surface area contributed by atoms with Gasteiger partial charge in [-0.1, -0.05) is 42.5 Å². The standard InChI is InChI=1S/C20H22N4O/c1-15(17-6-4-3-5-7-17)22-20(25)23-16(2)18-8-10-19(11-9-18)24-13-12-21-14-24/h3-16H,1-2H3,(H2,22,23,25). The van der Waals surface area contributed by atoms with E-state index in [1.165, 1.54) is 0 Å². The number of carbonyl (C=O) groups excluding carboxylic acids is 1. The maximum atomic E-state index is 12.2. The Morgan fingerprint density at radius 2 is 1.52 bits per heavy atom. The summed E-state index contributed by atoms with van der Waals surface area (Å²) in [6.07, 6.45) is 5.40. The van der Waals surface area contributed by atoms with E-state index in [9.17, 15) is 4.79 Å². The third-order valence-corrected chi connectivity index (χ3v) is 4.19. The van der Waals surface area contributed by atoms with Crippen LogP contribution in [0.25, 0.3) is 5.69 Å². The van der Waals surface area contributed by atoms with Gasteiger partial charge in [0.1, 0.15) is 0 Å². The number of aromatic nitrogens is 2. The van der Waals surface area contributed by atoms with E-state index in [2.05, 4.69) is 15.6 Å². The van der Waals surface area contributed by atoms with Crippen LogP contribution in [0.2, 0.25) is 0 Å². The van der Waals surface area contributed by atoms with Crippen LogP contribution in [-0.4, -0.2) is 15.6 Å². The molecule has 5 heteroatoms. The summed E-state index contributed by atoms with van der Waals surface area (Å²) < 4.78 is 1.94. The maximum absolute atomic E-state index is 12.2. The van der Waals surface area contributed by atoms with E-state index >= 15 is 0 Å². The van der Waals surface area contributed by atoms with Crippen LogP contribution >= 0.6 is 0 Å². The Morgan fingerprint density at radius 1 is 0.920 bits per heavy atom. The van der Waals surface area contributed by atoms with Gasteiger partial charge in [0.2, 0.25) is 0 Å². The van der Waals surface area contributed by atoms with Gasteiger partial charge in [-0.2, -0.15) is 0 Å². The third kappa shape index (κ3) is 4.26. The number of hydrogen-bond donors (Lipinski definition) is 2. The molecule has 2 unspecified atom stereocenters. The van der Waals surface area contributed by atoms with Crippen LogP contribution in [0.5, 0.6) is 0 Å². The van der Waals surface area contributed by atoms with Crippen LogP contribution in [0.4, 0.5) is 4.79 Å². The molecular formula is C20H22N4O. The first-order chi connectivity index (χ1) is 12.1.